The quantitative estimate of drug-likeness (QED) is 0.681. The Morgan fingerprint density at radius 3 is 2.36 bits per heavy atom. The van der Waals surface area contributed by atoms with Gasteiger partial charge in [0.05, 0.1) is 0 Å². The van der Waals surface area contributed by atoms with Gasteiger partial charge in [-0.2, -0.15) is 0 Å². The van der Waals surface area contributed by atoms with E-state index in [1.54, 1.807) is 0 Å². The summed E-state index contributed by atoms with van der Waals surface area (Å²) in [7, 11) is 0. The van der Waals surface area contributed by atoms with Gasteiger partial charge >= 0.3 is 5.97 Å². The lowest BCUT2D eigenvalue weighted by molar-refractivity contribution is -0.137. The van der Waals surface area contributed by atoms with Crippen LogP contribution in [0.25, 0.3) is 0 Å². The molecule has 1 unspecified atom stereocenters. The van der Waals surface area contributed by atoms with Gasteiger partial charge in [-0.1, -0.05) is 52.2 Å². The van der Waals surface area contributed by atoms with E-state index in [-0.39, 0.29) is 23.8 Å². The molecule has 1 aromatic rings. The van der Waals surface area contributed by atoms with Crippen molar-refractivity contribution in [2.24, 2.45) is 0 Å². The van der Waals surface area contributed by atoms with Crippen LogP contribution in [0.5, 0.6) is 0 Å². The zero-order valence-electron chi connectivity index (χ0n) is 15.8. The molecule has 1 atom stereocenters. The van der Waals surface area contributed by atoms with E-state index < -0.39 is 5.97 Å². The molecular weight excluding hydrogens is 314 g/mol. The number of hydrogen-bond donors (Lipinski definition) is 1. The normalized spacial score (nSPS) is 18.0. The first-order chi connectivity index (χ1) is 11.8. The third-order valence-electron chi connectivity index (χ3n) is 5.01. The van der Waals surface area contributed by atoms with E-state index in [4.69, 9.17) is 5.11 Å². The number of hydrogen-bond acceptors (Lipinski definition) is 2. The molecule has 1 N–H and O–H groups in total. The van der Waals surface area contributed by atoms with E-state index in [0.717, 1.165) is 44.2 Å². The highest BCUT2D eigenvalue weighted by Crippen LogP contribution is 2.31. The fourth-order valence-corrected chi connectivity index (χ4v) is 3.50. The Labute approximate surface area is 151 Å². The van der Waals surface area contributed by atoms with Crippen LogP contribution < -0.4 is 4.90 Å². The number of benzene rings is 1. The Morgan fingerprint density at radius 2 is 1.76 bits per heavy atom. The number of carbonyl (C=O) groups is 2. The van der Waals surface area contributed by atoms with E-state index in [1.165, 1.54) is 5.56 Å². The molecule has 1 amide bonds. The predicted molar refractivity (Wildman–Crippen MR) is 101 cm³/mol. The summed E-state index contributed by atoms with van der Waals surface area (Å²) in [6, 6.07) is 8.69. The van der Waals surface area contributed by atoms with Crippen LogP contribution in [0.1, 0.15) is 77.7 Å². The van der Waals surface area contributed by atoms with Gasteiger partial charge in [0.1, 0.15) is 0 Å². The molecular formula is C21H31NO3. The van der Waals surface area contributed by atoms with Crippen LogP contribution in [0.15, 0.2) is 24.3 Å². The van der Waals surface area contributed by atoms with Crippen LogP contribution in [-0.2, 0) is 15.0 Å². The molecule has 4 nitrogen and oxygen atoms in total. The van der Waals surface area contributed by atoms with Crippen molar-refractivity contribution in [1.29, 1.82) is 0 Å². The zero-order chi connectivity index (χ0) is 18.4. The van der Waals surface area contributed by atoms with Crippen molar-refractivity contribution in [2.75, 3.05) is 4.90 Å². The third-order valence-corrected chi connectivity index (χ3v) is 5.01. The smallest absolute Gasteiger partial charge is 0.303 e. The number of anilines is 1. The maximum absolute atomic E-state index is 12.3. The van der Waals surface area contributed by atoms with Gasteiger partial charge in [0.25, 0.3) is 0 Å². The second-order valence-electron chi connectivity index (χ2n) is 8.10. The Bertz CT molecular complexity index is 586. The summed E-state index contributed by atoms with van der Waals surface area (Å²) in [5.41, 5.74) is 2.40. The van der Waals surface area contributed by atoms with Crippen molar-refractivity contribution in [3.63, 3.8) is 0 Å². The molecule has 1 aliphatic heterocycles. The number of nitrogens with zero attached hydrogens (tertiary/aromatic N) is 1. The lowest BCUT2D eigenvalue weighted by Gasteiger charge is -2.26. The minimum atomic E-state index is -0.716. The summed E-state index contributed by atoms with van der Waals surface area (Å²) in [6.07, 6.45) is 6.60. The number of amides is 1. The molecule has 1 saturated heterocycles. The summed E-state index contributed by atoms with van der Waals surface area (Å²) in [4.78, 5) is 24.8. The summed E-state index contributed by atoms with van der Waals surface area (Å²) >= 11 is 0. The van der Waals surface area contributed by atoms with Gasteiger partial charge < -0.3 is 10.0 Å². The first kappa shape index (κ1) is 19.5. The first-order valence-corrected chi connectivity index (χ1v) is 9.43. The minimum absolute atomic E-state index is 0.114. The van der Waals surface area contributed by atoms with Crippen molar-refractivity contribution < 1.29 is 14.7 Å². The number of carboxylic acid groups (broad SMARTS) is 1. The van der Waals surface area contributed by atoms with Crippen LogP contribution in [0.4, 0.5) is 5.69 Å². The second-order valence-corrected chi connectivity index (χ2v) is 8.10. The number of rotatable bonds is 8. The predicted octanol–water partition coefficient (Wildman–Crippen LogP) is 4.90. The van der Waals surface area contributed by atoms with Gasteiger partial charge in [-0.3, -0.25) is 9.59 Å². The summed E-state index contributed by atoms with van der Waals surface area (Å²) in [5, 5.41) is 8.66. The van der Waals surface area contributed by atoms with Crippen LogP contribution in [0, 0.1) is 0 Å². The molecule has 0 aromatic heterocycles. The molecule has 0 saturated carbocycles. The molecule has 0 spiro atoms. The van der Waals surface area contributed by atoms with Crippen LogP contribution in [0.2, 0.25) is 0 Å². The van der Waals surface area contributed by atoms with Gasteiger partial charge in [0.2, 0.25) is 5.91 Å². The molecule has 1 fully saturated rings. The molecule has 0 bridgehead atoms. The number of carbonyl (C=O) groups excluding carboxylic acids is 1. The van der Waals surface area contributed by atoms with E-state index in [9.17, 15) is 9.59 Å². The van der Waals surface area contributed by atoms with Gasteiger partial charge in [-0.25, -0.2) is 0 Å². The third kappa shape index (κ3) is 5.58. The average molecular weight is 345 g/mol. The fourth-order valence-electron chi connectivity index (χ4n) is 3.50. The number of aliphatic carboxylic acids is 1. The molecule has 138 valence electrons. The standard InChI is InChI=1S/C21H31NO3/c1-21(2,3)16-10-12-18(13-11-16)22-17(14-15-19(22)23)8-6-4-5-7-9-20(24)25/h10-13,17H,4-9,14-15H2,1-3H3,(H,24,25). The molecule has 1 aliphatic rings. The molecule has 0 radical (unpaired) electrons. The molecule has 2 rings (SSSR count). The average Bonchev–Trinajstić information content (AvgIpc) is 2.90. The lowest BCUT2D eigenvalue weighted by Crippen LogP contribution is -2.32. The fraction of sp³-hybridized carbons (Fsp3) is 0.619. The van der Waals surface area contributed by atoms with Crippen LogP contribution >= 0.6 is 0 Å². The van der Waals surface area contributed by atoms with Crippen molar-refractivity contribution >= 4 is 17.6 Å². The Morgan fingerprint density at radius 1 is 1.12 bits per heavy atom. The maximum Gasteiger partial charge on any atom is 0.303 e. The lowest BCUT2D eigenvalue weighted by atomic mass is 9.87. The Kier molecular flexibility index (Phi) is 6.63. The Hall–Kier alpha value is -1.84. The minimum Gasteiger partial charge on any atom is -0.481 e. The Balaban J connectivity index is 1.89. The molecule has 1 heterocycles. The molecule has 1 aromatic carbocycles. The van der Waals surface area contributed by atoms with Crippen molar-refractivity contribution in [3.05, 3.63) is 29.8 Å². The number of unbranched alkanes of at least 4 members (excludes halogenated alkanes) is 3. The molecule has 25 heavy (non-hydrogen) atoms. The summed E-state index contributed by atoms with van der Waals surface area (Å²) in [5.74, 6) is -0.495. The second kappa shape index (κ2) is 8.50. The SMILES string of the molecule is CC(C)(C)c1ccc(N2C(=O)CCC2CCCCCCC(=O)O)cc1. The molecule has 0 aliphatic carbocycles. The van der Waals surface area contributed by atoms with Crippen molar-refractivity contribution in [1.82, 2.24) is 0 Å². The van der Waals surface area contributed by atoms with Gasteiger partial charge in [0, 0.05) is 24.6 Å². The van der Waals surface area contributed by atoms with E-state index in [2.05, 4.69) is 45.0 Å². The van der Waals surface area contributed by atoms with Crippen LogP contribution in [-0.4, -0.2) is 23.0 Å². The monoisotopic (exact) mass is 345 g/mol. The summed E-state index contributed by atoms with van der Waals surface area (Å²) < 4.78 is 0. The maximum atomic E-state index is 12.3. The van der Waals surface area contributed by atoms with E-state index >= 15 is 0 Å². The van der Waals surface area contributed by atoms with Crippen LogP contribution in [0.3, 0.4) is 0 Å². The van der Waals surface area contributed by atoms with Crippen molar-refractivity contribution in [3.8, 4) is 0 Å². The first-order valence-electron chi connectivity index (χ1n) is 9.43. The summed E-state index contributed by atoms with van der Waals surface area (Å²) in [6.45, 7) is 6.57. The van der Waals surface area contributed by atoms with Gasteiger partial charge in [-0.05, 0) is 42.4 Å². The van der Waals surface area contributed by atoms with E-state index in [0.29, 0.717) is 6.42 Å². The number of carboxylic acids is 1. The van der Waals surface area contributed by atoms with Gasteiger partial charge in [-0.15, -0.1) is 0 Å². The van der Waals surface area contributed by atoms with E-state index in [1.807, 2.05) is 4.90 Å². The van der Waals surface area contributed by atoms with Gasteiger partial charge in [0.15, 0.2) is 0 Å². The largest absolute Gasteiger partial charge is 0.481 e. The zero-order valence-corrected chi connectivity index (χ0v) is 15.8. The highest BCUT2D eigenvalue weighted by Gasteiger charge is 2.31. The topological polar surface area (TPSA) is 57.6 Å². The highest BCUT2D eigenvalue weighted by atomic mass is 16.4. The van der Waals surface area contributed by atoms with Crippen molar-refractivity contribution in [2.45, 2.75) is 83.6 Å². The molecule has 4 heteroatoms. The highest BCUT2D eigenvalue weighted by molar-refractivity contribution is 5.96.